The summed E-state index contributed by atoms with van der Waals surface area (Å²) in [5, 5.41) is 0. The van der Waals surface area contributed by atoms with Crippen molar-refractivity contribution in [1.82, 2.24) is 0 Å². The third-order valence-electron chi connectivity index (χ3n) is 1.36. The summed E-state index contributed by atoms with van der Waals surface area (Å²) in [6, 6.07) is 0. The van der Waals surface area contributed by atoms with E-state index in [4.69, 9.17) is 8.85 Å². The summed E-state index contributed by atoms with van der Waals surface area (Å²) in [6.45, 7) is 12.6. The van der Waals surface area contributed by atoms with Gasteiger partial charge in [0.2, 0.25) is 0 Å². The van der Waals surface area contributed by atoms with E-state index in [0.29, 0.717) is 17.7 Å². The van der Waals surface area contributed by atoms with Crippen LogP contribution in [-0.2, 0) is 8.85 Å². The molecular formula is C9H22O2Si. The smallest absolute Gasteiger partial charge is 0.324 e. The van der Waals surface area contributed by atoms with Gasteiger partial charge in [0.1, 0.15) is 0 Å². The third-order valence-corrected chi connectivity index (χ3v) is 4.07. The maximum atomic E-state index is 5.74. The van der Waals surface area contributed by atoms with Crippen LogP contribution in [0.15, 0.2) is 0 Å². The number of rotatable bonds is 5. The first-order valence-electron chi connectivity index (χ1n) is 4.74. The quantitative estimate of drug-likeness (QED) is 0.620. The van der Waals surface area contributed by atoms with Crippen LogP contribution < -0.4 is 0 Å². The largest absolute Gasteiger partial charge is 0.394 e. The summed E-state index contributed by atoms with van der Waals surface area (Å²) in [4.78, 5) is 0. The minimum atomic E-state index is -1.42. The van der Waals surface area contributed by atoms with Crippen molar-refractivity contribution < 1.29 is 8.85 Å². The van der Waals surface area contributed by atoms with E-state index in [0.717, 1.165) is 0 Å². The molecule has 0 atom stereocenters. The molecule has 3 heteroatoms. The van der Waals surface area contributed by atoms with Crippen LogP contribution in [0.4, 0.5) is 0 Å². The maximum absolute atomic E-state index is 5.74. The molecule has 0 aliphatic heterocycles. The van der Waals surface area contributed by atoms with Gasteiger partial charge in [0.05, 0.1) is 0 Å². The Labute approximate surface area is 78.1 Å². The van der Waals surface area contributed by atoms with Gasteiger partial charge in [-0.15, -0.1) is 0 Å². The fraction of sp³-hybridized carbons (Fsp3) is 1.00. The van der Waals surface area contributed by atoms with Crippen LogP contribution in [0.5, 0.6) is 0 Å². The lowest BCUT2D eigenvalue weighted by atomic mass is 10.5. The van der Waals surface area contributed by atoms with Crippen molar-refractivity contribution >= 4 is 9.28 Å². The van der Waals surface area contributed by atoms with Crippen LogP contribution in [0.3, 0.4) is 0 Å². The minimum Gasteiger partial charge on any atom is -0.394 e. The van der Waals surface area contributed by atoms with E-state index in [-0.39, 0.29) is 0 Å². The van der Waals surface area contributed by atoms with Gasteiger partial charge in [0.15, 0.2) is 0 Å². The highest BCUT2D eigenvalue weighted by molar-refractivity contribution is 6.46. The van der Waals surface area contributed by atoms with E-state index in [9.17, 15) is 0 Å². The zero-order chi connectivity index (χ0) is 9.72. The fourth-order valence-electron chi connectivity index (χ4n) is 0.883. The van der Waals surface area contributed by atoms with Crippen molar-refractivity contribution in [1.29, 1.82) is 0 Å². The fourth-order valence-corrected chi connectivity index (χ4v) is 2.65. The first-order valence-corrected chi connectivity index (χ1v) is 6.35. The molecule has 0 spiro atoms. The highest BCUT2D eigenvalue weighted by Crippen LogP contribution is 2.13. The molecule has 0 amide bonds. The van der Waals surface area contributed by atoms with Crippen LogP contribution in [0.25, 0.3) is 0 Å². The Balaban J connectivity index is 3.87. The molecule has 0 aromatic rings. The lowest BCUT2D eigenvalue weighted by Gasteiger charge is -2.24. The molecule has 0 aliphatic carbocycles. The summed E-state index contributed by atoms with van der Waals surface area (Å²) >= 11 is 0. The molecule has 0 rings (SSSR count). The highest BCUT2D eigenvalue weighted by Gasteiger charge is 2.20. The molecule has 2 nitrogen and oxygen atoms in total. The predicted octanol–water partition coefficient (Wildman–Crippen LogP) is 2.47. The minimum absolute atomic E-state index is 0.294. The number of hydrogen-bond acceptors (Lipinski definition) is 2. The average Bonchev–Trinajstić information content (AvgIpc) is 1.83. The molecular weight excluding hydrogens is 168 g/mol. The predicted molar refractivity (Wildman–Crippen MR) is 54.7 cm³/mol. The first-order chi connectivity index (χ1) is 5.43. The monoisotopic (exact) mass is 190 g/mol. The Kier molecular flexibility index (Phi) is 5.79. The Hall–Kier alpha value is 0.137. The lowest BCUT2D eigenvalue weighted by Crippen LogP contribution is -2.32. The van der Waals surface area contributed by atoms with Crippen LogP contribution in [-0.4, -0.2) is 21.5 Å². The van der Waals surface area contributed by atoms with Gasteiger partial charge in [-0.3, -0.25) is 0 Å². The molecule has 0 radical (unpaired) electrons. The van der Waals surface area contributed by atoms with Crippen molar-refractivity contribution in [3.8, 4) is 0 Å². The molecule has 0 aromatic carbocycles. The second kappa shape index (κ2) is 5.73. The van der Waals surface area contributed by atoms with E-state index < -0.39 is 9.28 Å². The Morgan fingerprint density at radius 1 is 0.750 bits per heavy atom. The standard InChI is InChI=1S/C9H22O2Si/c1-7(2)10-12(9(5)6)11-8(3)4/h7-9,12H,1-6H3. The molecule has 0 saturated heterocycles. The van der Waals surface area contributed by atoms with E-state index in [1.165, 1.54) is 0 Å². The molecule has 0 unspecified atom stereocenters. The SMILES string of the molecule is CC(C)O[SiH](OC(C)C)C(C)C. The Bertz CT molecular complexity index is 103. The highest BCUT2D eigenvalue weighted by atomic mass is 28.3. The molecule has 0 aliphatic rings. The molecule has 74 valence electrons. The van der Waals surface area contributed by atoms with Crippen molar-refractivity contribution in [2.45, 2.75) is 59.3 Å². The van der Waals surface area contributed by atoms with Gasteiger partial charge in [0, 0.05) is 12.2 Å². The van der Waals surface area contributed by atoms with E-state index in [2.05, 4.69) is 41.5 Å². The Morgan fingerprint density at radius 3 is 1.25 bits per heavy atom. The van der Waals surface area contributed by atoms with Crippen molar-refractivity contribution in [3.63, 3.8) is 0 Å². The first kappa shape index (κ1) is 12.1. The average molecular weight is 190 g/mol. The van der Waals surface area contributed by atoms with E-state index >= 15 is 0 Å². The summed E-state index contributed by atoms with van der Waals surface area (Å²) in [5.41, 5.74) is 0.551. The molecule has 0 saturated carbocycles. The van der Waals surface area contributed by atoms with Gasteiger partial charge in [-0.2, -0.15) is 0 Å². The molecule has 0 N–H and O–H groups in total. The van der Waals surface area contributed by atoms with Gasteiger partial charge in [0.25, 0.3) is 0 Å². The topological polar surface area (TPSA) is 18.5 Å². The van der Waals surface area contributed by atoms with Gasteiger partial charge < -0.3 is 8.85 Å². The second-order valence-electron chi connectivity index (χ2n) is 3.98. The van der Waals surface area contributed by atoms with Crippen LogP contribution in [0.2, 0.25) is 5.54 Å². The van der Waals surface area contributed by atoms with Gasteiger partial charge in [-0.1, -0.05) is 13.8 Å². The van der Waals surface area contributed by atoms with Crippen LogP contribution >= 0.6 is 0 Å². The van der Waals surface area contributed by atoms with Crippen molar-refractivity contribution in [2.24, 2.45) is 0 Å². The second-order valence-corrected chi connectivity index (χ2v) is 6.60. The van der Waals surface area contributed by atoms with Crippen molar-refractivity contribution in [3.05, 3.63) is 0 Å². The lowest BCUT2D eigenvalue weighted by molar-refractivity contribution is 0.125. The maximum Gasteiger partial charge on any atom is 0.324 e. The van der Waals surface area contributed by atoms with Gasteiger partial charge in [-0.25, -0.2) is 0 Å². The van der Waals surface area contributed by atoms with Crippen LogP contribution in [0.1, 0.15) is 41.5 Å². The van der Waals surface area contributed by atoms with Crippen LogP contribution in [0, 0.1) is 0 Å². The summed E-state index contributed by atoms with van der Waals surface area (Å²) in [6.07, 6.45) is 0.589. The normalized spacial score (nSPS) is 12.5. The molecule has 0 bridgehead atoms. The molecule has 0 heterocycles. The van der Waals surface area contributed by atoms with E-state index in [1.54, 1.807) is 0 Å². The molecule has 0 fully saturated rings. The van der Waals surface area contributed by atoms with Gasteiger partial charge in [-0.05, 0) is 33.2 Å². The number of hydrogen-bond donors (Lipinski definition) is 0. The molecule has 12 heavy (non-hydrogen) atoms. The third kappa shape index (κ3) is 5.74. The van der Waals surface area contributed by atoms with E-state index in [1.807, 2.05) is 0 Å². The summed E-state index contributed by atoms with van der Waals surface area (Å²) in [7, 11) is -1.42. The molecule has 0 aromatic heterocycles. The summed E-state index contributed by atoms with van der Waals surface area (Å²) in [5.74, 6) is 0. The van der Waals surface area contributed by atoms with Crippen molar-refractivity contribution in [2.75, 3.05) is 0 Å². The van der Waals surface area contributed by atoms with Gasteiger partial charge >= 0.3 is 9.28 Å². The zero-order valence-electron chi connectivity index (χ0n) is 9.13. The Morgan fingerprint density at radius 2 is 1.08 bits per heavy atom. The summed E-state index contributed by atoms with van der Waals surface area (Å²) < 4.78 is 11.5. The zero-order valence-corrected chi connectivity index (χ0v) is 10.3.